The standard InChI is InChI=1S/C16H32N2/c1-12-8-9-13(2)16(10-12)18(3)15-7-5-4-6-14(15)11-17/h12-16H,4-11,17H2,1-3H3. The lowest BCUT2D eigenvalue weighted by atomic mass is 9.76. The van der Waals surface area contributed by atoms with E-state index in [1.54, 1.807) is 0 Å². The van der Waals surface area contributed by atoms with Gasteiger partial charge >= 0.3 is 0 Å². The summed E-state index contributed by atoms with van der Waals surface area (Å²) in [6, 6.07) is 1.55. The van der Waals surface area contributed by atoms with Crippen LogP contribution < -0.4 is 5.73 Å². The van der Waals surface area contributed by atoms with Crippen molar-refractivity contribution in [3.63, 3.8) is 0 Å². The first-order valence-electron chi connectivity index (χ1n) is 8.05. The summed E-state index contributed by atoms with van der Waals surface area (Å²) in [6.45, 7) is 5.76. The third-order valence-corrected chi connectivity index (χ3v) is 5.63. The van der Waals surface area contributed by atoms with E-state index in [1.165, 1.54) is 44.9 Å². The molecule has 0 saturated heterocycles. The van der Waals surface area contributed by atoms with Crippen LogP contribution in [0.4, 0.5) is 0 Å². The van der Waals surface area contributed by atoms with Gasteiger partial charge in [0.15, 0.2) is 0 Å². The zero-order valence-corrected chi connectivity index (χ0v) is 12.6. The Morgan fingerprint density at radius 1 is 1.00 bits per heavy atom. The van der Waals surface area contributed by atoms with Gasteiger partial charge in [0, 0.05) is 12.1 Å². The molecule has 0 aliphatic heterocycles. The highest BCUT2D eigenvalue weighted by Gasteiger charge is 2.35. The number of nitrogens with zero attached hydrogens (tertiary/aromatic N) is 1. The Morgan fingerprint density at radius 3 is 2.44 bits per heavy atom. The molecule has 2 N–H and O–H groups in total. The van der Waals surface area contributed by atoms with Gasteiger partial charge in [-0.1, -0.05) is 33.1 Å². The van der Waals surface area contributed by atoms with Crippen LogP contribution in [0.25, 0.3) is 0 Å². The maximum Gasteiger partial charge on any atom is 0.0136 e. The van der Waals surface area contributed by atoms with Gasteiger partial charge in [-0.15, -0.1) is 0 Å². The van der Waals surface area contributed by atoms with Crippen LogP contribution in [-0.4, -0.2) is 30.6 Å². The minimum Gasteiger partial charge on any atom is -0.330 e. The Labute approximate surface area is 113 Å². The summed E-state index contributed by atoms with van der Waals surface area (Å²) in [4.78, 5) is 2.72. The molecule has 0 aromatic carbocycles. The molecule has 0 aromatic rings. The van der Waals surface area contributed by atoms with Gasteiger partial charge in [-0.05, 0) is 57.0 Å². The lowest BCUT2D eigenvalue weighted by Crippen LogP contribution is -2.51. The molecule has 2 fully saturated rings. The van der Waals surface area contributed by atoms with Crippen molar-refractivity contribution in [2.24, 2.45) is 23.5 Å². The molecule has 2 aliphatic carbocycles. The zero-order valence-electron chi connectivity index (χ0n) is 12.6. The second-order valence-corrected chi connectivity index (χ2v) is 6.98. The molecule has 2 aliphatic rings. The van der Waals surface area contributed by atoms with Crippen LogP contribution in [-0.2, 0) is 0 Å². The lowest BCUT2D eigenvalue weighted by molar-refractivity contribution is 0.0363. The van der Waals surface area contributed by atoms with Gasteiger partial charge in [0.25, 0.3) is 0 Å². The van der Waals surface area contributed by atoms with Crippen molar-refractivity contribution in [1.82, 2.24) is 4.90 Å². The van der Waals surface area contributed by atoms with E-state index >= 15 is 0 Å². The predicted octanol–water partition coefficient (Wildman–Crippen LogP) is 3.26. The first-order chi connectivity index (χ1) is 8.63. The van der Waals surface area contributed by atoms with Crippen LogP contribution >= 0.6 is 0 Å². The Hall–Kier alpha value is -0.0800. The number of nitrogens with two attached hydrogens (primary N) is 1. The average molecular weight is 252 g/mol. The summed E-state index contributed by atoms with van der Waals surface area (Å²) in [5, 5.41) is 0. The zero-order chi connectivity index (χ0) is 13.1. The topological polar surface area (TPSA) is 29.3 Å². The average Bonchev–Trinajstić information content (AvgIpc) is 2.40. The summed E-state index contributed by atoms with van der Waals surface area (Å²) in [6.07, 6.45) is 9.75. The molecule has 18 heavy (non-hydrogen) atoms. The molecule has 106 valence electrons. The van der Waals surface area contributed by atoms with Crippen molar-refractivity contribution < 1.29 is 0 Å². The molecule has 5 atom stereocenters. The minimum absolute atomic E-state index is 0.744. The van der Waals surface area contributed by atoms with E-state index in [9.17, 15) is 0 Å². The normalized spacial score (nSPS) is 42.2. The van der Waals surface area contributed by atoms with Crippen molar-refractivity contribution in [2.45, 2.75) is 70.9 Å². The van der Waals surface area contributed by atoms with Crippen molar-refractivity contribution in [2.75, 3.05) is 13.6 Å². The monoisotopic (exact) mass is 252 g/mol. The van der Waals surface area contributed by atoms with E-state index < -0.39 is 0 Å². The van der Waals surface area contributed by atoms with Gasteiger partial charge in [0.2, 0.25) is 0 Å². The Balaban J connectivity index is 2.01. The summed E-state index contributed by atoms with van der Waals surface area (Å²) in [7, 11) is 2.37. The summed E-state index contributed by atoms with van der Waals surface area (Å²) < 4.78 is 0. The highest BCUT2D eigenvalue weighted by Crippen LogP contribution is 2.36. The molecule has 0 aromatic heterocycles. The van der Waals surface area contributed by atoms with Gasteiger partial charge in [-0.3, -0.25) is 4.90 Å². The Kier molecular flexibility index (Phi) is 5.08. The fraction of sp³-hybridized carbons (Fsp3) is 1.00. The van der Waals surface area contributed by atoms with Crippen LogP contribution in [0.2, 0.25) is 0 Å². The SMILES string of the molecule is CC1CCC(C)C(N(C)C2CCCCC2CN)C1. The highest BCUT2D eigenvalue weighted by molar-refractivity contribution is 4.90. The van der Waals surface area contributed by atoms with Crippen LogP contribution in [0.15, 0.2) is 0 Å². The number of rotatable bonds is 3. The molecular weight excluding hydrogens is 220 g/mol. The summed E-state index contributed by atoms with van der Waals surface area (Å²) >= 11 is 0. The van der Waals surface area contributed by atoms with Gasteiger partial charge in [0.05, 0.1) is 0 Å². The molecule has 0 heterocycles. The summed E-state index contributed by atoms with van der Waals surface area (Å²) in [5.74, 6) is 2.52. The van der Waals surface area contributed by atoms with Crippen LogP contribution in [0.1, 0.15) is 58.8 Å². The molecule has 2 heteroatoms. The highest BCUT2D eigenvalue weighted by atomic mass is 15.2. The van der Waals surface area contributed by atoms with Crippen LogP contribution in [0.3, 0.4) is 0 Å². The maximum absolute atomic E-state index is 6.00. The van der Waals surface area contributed by atoms with Gasteiger partial charge in [-0.25, -0.2) is 0 Å². The predicted molar refractivity (Wildman–Crippen MR) is 78.5 cm³/mol. The summed E-state index contributed by atoms with van der Waals surface area (Å²) in [5.41, 5.74) is 6.00. The second kappa shape index (κ2) is 6.38. The first-order valence-corrected chi connectivity index (χ1v) is 8.05. The maximum atomic E-state index is 6.00. The van der Waals surface area contributed by atoms with Crippen molar-refractivity contribution >= 4 is 0 Å². The lowest BCUT2D eigenvalue weighted by Gasteiger charge is -2.46. The number of hydrogen-bond acceptors (Lipinski definition) is 2. The number of hydrogen-bond donors (Lipinski definition) is 1. The van der Waals surface area contributed by atoms with Crippen molar-refractivity contribution in [3.05, 3.63) is 0 Å². The van der Waals surface area contributed by atoms with Crippen molar-refractivity contribution in [1.29, 1.82) is 0 Å². The molecule has 0 radical (unpaired) electrons. The Morgan fingerprint density at radius 2 is 1.72 bits per heavy atom. The van der Waals surface area contributed by atoms with Gasteiger partial charge < -0.3 is 5.73 Å². The Bertz CT molecular complexity index is 251. The fourth-order valence-corrected chi connectivity index (χ4v) is 4.32. The minimum atomic E-state index is 0.744. The molecule has 0 bridgehead atoms. The van der Waals surface area contributed by atoms with Crippen LogP contribution in [0.5, 0.6) is 0 Å². The largest absolute Gasteiger partial charge is 0.330 e. The van der Waals surface area contributed by atoms with E-state index in [0.29, 0.717) is 0 Å². The van der Waals surface area contributed by atoms with E-state index in [2.05, 4.69) is 25.8 Å². The smallest absolute Gasteiger partial charge is 0.0136 e. The van der Waals surface area contributed by atoms with Crippen molar-refractivity contribution in [3.8, 4) is 0 Å². The first kappa shape index (κ1) is 14.3. The van der Waals surface area contributed by atoms with Gasteiger partial charge in [-0.2, -0.15) is 0 Å². The van der Waals surface area contributed by atoms with E-state index in [-0.39, 0.29) is 0 Å². The molecule has 5 unspecified atom stereocenters. The van der Waals surface area contributed by atoms with E-state index in [4.69, 9.17) is 5.73 Å². The molecule has 2 nitrogen and oxygen atoms in total. The molecule has 0 spiro atoms. The molecular formula is C16H32N2. The molecule has 0 amide bonds. The third kappa shape index (κ3) is 3.08. The fourth-order valence-electron chi connectivity index (χ4n) is 4.32. The van der Waals surface area contributed by atoms with E-state index in [0.717, 1.165) is 36.4 Å². The second-order valence-electron chi connectivity index (χ2n) is 6.98. The van der Waals surface area contributed by atoms with Gasteiger partial charge in [0.1, 0.15) is 0 Å². The molecule has 2 saturated carbocycles. The van der Waals surface area contributed by atoms with Crippen LogP contribution in [0, 0.1) is 17.8 Å². The molecule has 2 rings (SSSR count). The third-order valence-electron chi connectivity index (χ3n) is 5.63. The quantitative estimate of drug-likeness (QED) is 0.835. The van der Waals surface area contributed by atoms with E-state index in [1.807, 2.05) is 0 Å².